The van der Waals surface area contributed by atoms with E-state index in [-0.39, 0.29) is 11.9 Å². The number of rotatable bonds is 1. The molecule has 2 aromatic rings. The predicted molar refractivity (Wildman–Crippen MR) is 87.0 cm³/mol. The summed E-state index contributed by atoms with van der Waals surface area (Å²) in [7, 11) is 1.75. The SMILES string of the molecule is Cc1ccc(N2c3cc(F)c(C#N)c(F)c3N(C)[C@@H]2C)c(C)c1. The number of aryl methyl sites for hydroxylation is 2. The molecule has 1 aliphatic heterocycles. The first-order valence-electron chi connectivity index (χ1n) is 7.38. The molecule has 0 radical (unpaired) electrons. The third-order valence-electron chi connectivity index (χ3n) is 4.44. The van der Waals surface area contributed by atoms with E-state index < -0.39 is 17.2 Å². The first-order chi connectivity index (χ1) is 10.9. The third-order valence-corrected chi connectivity index (χ3v) is 4.44. The topological polar surface area (TPSA) is 30.3 Å². The highest BCUT2D eigenvalue weighted by atomic mass is 19.1. The highest BCUT2D eigenvalue weighted by molar-refractivity contribution is 5.85. The zero-order chi connectivity index (χ0) is 16.9. The lowest BCUT2D eigenvalue weighted by atomic mass is 10.1. The molecular formula is C18H17F2N3. The van der Waals surface area contributed by atoms with Crippen molar-refractivity contribution >= 4 is 17.1 Å². The molecule has 0 aliphatic carbocycles. The van der Waals surface area contributed by atoms with Crippen molar-refractivity contribution in [2.75, 3.05) is 16.8 Å². The van der Waals surface area contributed by atoms with Crippen LogP contribution >= 0.6 is 0 Å². The molecule has 3 rings (SSSR count). The molecule has 2 aromatic carbocycles. The largest absolute Gasteiger partial charge is 0.350 e. The van der Waals surface area contributed by atoms with Gasteiger partial charge in [0, 0.05) is 18.8 Å². The summed E-state index contributed by atoms with van der Waals surface area (Å²) in [6.45, 7) is 5.90. The van der Waals surface area contributed by atoms with Gasteiger partial charge in [-0.3, -0.25) is 0 Å². The van der Waals surface area contributed by atoms with Crippen LogP contribution in [-0.2, 0) is 0 Å². The van der Waals surface area contributed by atoms with Gasteiger partial charge in [-0.05, 0) is 32.4 Å². The van der Waals surface area contributed by atoms with Gasteiger partial charge in [0.05, 0.1) is 5.69 Å². The highest BCUT2D eigenvalue weighted by Gasteiger charge is 2.36. The highest BCUT2D eigenvalue weighted by Crippen LogP contribution is 2.47. The Morgan fingerprint density at radius 2 is 1.83 bits per heavy atom. The summed E-state index contributed by atoms with van der Waals surface area (Å²) in [5, 5.41) is 8.98. The van der Waals surface area contributed by atoms with Gasteiger partial charge in [-0.1, -0.05) is 17.7 Å². The molecule has 0 amide bonds. The van der Waals surface area contributed by atoms with Crippen molar-refractivity contribution in [2.45, 2.75) is 26.9 Å². The summed E-state index contributed by atoms with van der Waals surface area (Å²) in [6, 6.07) is 8.82. The molecule has 0 spiro atoms. The van der Waals surface area contributed by atoms with Crippen LogP contribution in [-0.4, -0.2) is 13.2 Å². The Morgan fingerprint density at radius 3 is 2.43 bits per heavy atom. The smallest absolute Gasteiger partial charge is 0.169 e. The van der Waals surface area contributed by atoms with Crippen LogP contribution < -0.4 is 9.80 Å². The molecule has 0 saturated carbocycles. The van der Waals surface area contributed by atoms with Crippen LogP contribution in [0.25, 0.3) is 0 Å². The number of hydrogen-bond acceptors (Lipinski definition) is 3. The fourth-order valence-corrected chi connectivity index (χ4v) is 3.19. The summed E-state index contributed by atoms with van der Waals surface area (Å²) in [5.41, 5.74) is 3.23. The van der Waals surface area contributed by atoms with Crippen molar-refractivity contribution < 1.29 is 8.78 Å². The Kier molecular flexibility index (Phi) is 3.48. The van der Waals surface area contributed by atoms with Crippen molar-refractivity contribution in [1.82, 2.24) is 0 Å². The Balaban J connectivity index is 2.26. The molecule has 0 fully saturated rings. The van der Waals surface area contributed by atoms with E-state index >= 15 is 0 Å². The number of anilines is 3. The maximum atomic E-state index is 14.6. The van der Waals surface area contributed by atoms with Crippen molar-refractivity contribution in [3.05, 3.63) is 52.6 Å². The van der Waals surface area contributed by atoms with Crippen LogP contribution in [0.15, 0.2) is 24.3 Å². The molecule has 23 heavy (non-hydrogen) atoms. The summed E-state index contributed by atoms with van der Waals surface area (Å²) >= 11 is 0. The molecule has 0 unspecified atom stereocenters. The number of nitriles is 1. The molecule has 1 aliphatic rings. The van der Waals surface area contributed by atoms with Crippen molar-refractivity contribution in [2.24, 2.45) is 0 Å². The van der Waals surface area contributed by atoms with E-state index in [1.807, 2.05) is 43.9 Å². The number of benzene rings is 2. The maximum Gasteiger partial charge on any atom is 0.169 e. The first-order valence-corrected chi connectivity index (χ1v) is 7.38. The molecule has 118 valence electrons. The van der Waals surface area contributed by atoms with Crippen LogP contribution in [0.1, 0.15) is 23.6 Å². The van der Waals surface area contributed by atoms with Gasteiger partial charge in [-0.2, -0.15) is 5.26 Å². The van der Waals surface area contributed by atoms with Crippen LogP contribution in [0.3, 0.4) is 0 Å². The molecule has 0 bridgehead atoms. The summed E-state index contributed by atoms with van der Waals surface area (Å²) in [6.07, 6.45) is -0.186. The van der Waals surface area contributed by atoms with E-state index in [9.17, 15) is 8.78 Å². The van der Waals surface area contributed by atoms with Gasteiger partial charge < -0.3 is 9.80 Å². The molecule has 1 heterocycles. The fraction of sp³-hybridized carbons (Fsp3) is 0.278. The van der Waals surface area contributed by atoms with Crippen LogP contribution in [0, 0.1) is 36.8 Å². The van der Waals surface area contributed by atoms with Gasteiger partial charge in [-0.15, -0.1) is 0 Å². The lowest BCUT2D eigenvalue weighted by Gasteiger charge is -2.29. The van der Waals surface area contributed by atoms with Crippen LogP contribution in [0.4, 0.5) is 25.8 Å². The lowest BCUT2D eigenvalue weighted by molar-refractivity contribution is 0.577. The standard InChI is InChI=1S/C18H17F2N3/c1-10-5-6-15(11(2)7-10)23-12(3)22(4)18-16(23)8-14(19)13(9-21)17(18)20/h5-8,12H,1-4H3/t12-/m0/s1. The van der Waals surface area contributed by atoms with Gasteiger partial charge in [0.25, 0.3) is 0 Å². The fourth-order valence-electron chi connectivity index (χ4n) is 3.19. The Labute approximate surface area is 134 Å². The van der Waals surface area contributed by atoms with Crippen molar-refractivity contribution in [3.63, 3.8) is 0 Å². The maximum absolute atomic E-state index is 14.6. The minimum Gasteiger partial charge on any atom is -0.350 e. The number of halogens is 2. The number of fused-ring (bicyclic) bond motifs is 1. The van der Waals surface area contributed by atoms with Crippen molar-refractivity contribution in [1.29, 1.82) is 5.26 Å². The van der Waals surface area contributed by atoms with E-state index in [0.29, 0.717) is 5.69 Å². The van der Waals surface area contributed by atoms with Crippen LogP contribution in [0.5, 0.6) is 0 Å². The summed E-state index contributed by atoms with van der Waals surface area (Å²) in [4.78, 5) is 3.63. The second kappa shape index (κ2) is 5.24. The summed E-state index contributed by atoms with van der Waals surface area (Å²) in [5.74, 6) is -1.63. The lowest BCUT2D eigenvalue weighted by Crippen LogP contribution is -2.36. The van der Waals surface area contributed by atoms with Gasteiger partial charge >= 0.3 is 0 Å². The molecule has 3 nitrogen and oxygen atoms in total. The second-order valence-corrected chi connectivity index (χ2v) is 5.93. The molecule has 0 saturated heterocycles. The van der Waals surface area contributed by atoms with E-state index in [1.165, 1.54) is 6.07 Å². The molecular weight excluding hydrogens is 296 g/mol. The average molecular weight is 313 g/mol. The Morgan fingerprint density at radius 1 is 1.13 bits per heavy atom. The first kappa shape index (κ1) is 15.3. The van der Waals surface area contributed by atoms with Crippen LogP contribution in [0.2, 0.25) is 0 Å². The Hall–Kier alpha value is -2.61. The molecule has 1 atom stereocenters. The van der Waals surface area contributed by atoms with E-state index in [1.54, 1.807) is 18.0 Å². The minimum absolute atomic E-state index is 0.186. The van der Waals surface area contributed by atoms with Gasteiger partial charge in [0.1, 0.15) is 29.3 Å². The zero-order valence-corrected chi connectivity index (χ0v) is 13.5. The van der Waals surface area contributed by atoms with Gasteiger partial charge in [-0.25, -0.2) is 8.78 Å². The van der Waals surface area contributed by atoms with E-state index in [2.05, 4.69) is 0 Å². The molecule has 0 N–H and O–H groups in total. The molecule has 0 aromatic heterocycles. The van der Waals surface area contributed by atoms with E-state index in [4.69, 9.17) is 5.26 Å². The quantitative estimate of drug-likeness (QED) is 0.782. The second-order valence-electron chi connectivity index (χ2n) is 5.93. The Bertz CT molecular complexity index is 839. The number of hydrogen-bond donors (Lipinski definition) is 0. The third kappa shape index (κ3) is 2.14. The number of nitrogens with zero attached hydrogens (tertiary/aromatic N) is 3. The van der Waals surface area contributed by atoms with Gasteiger partial charge in [0.15, 0.2) is 5.82 Å². The summed E-state index contributed by atoms with van der Waals surface area (Å²) < 4.78 is 28.7. The average Bonchev–Trinajstić information content (AvgIpc) is 2.72. The minimum atomic E-state index is -0.832. The van der Waals surface area contributed by atoms with E-state index in [0.717, 1.165) is 16.8 Å². The molecule has 5 heteroatoms. The van der Waals surface area contributed by atoms with Crippen molar-refractivity contribution in [3.8, 4) is 6.07 Å². The van der Waals surface area contributed by atoms with Gasteiger partial charge in [0.2, 0.25) is 0 Å². The zero-order valence-electron chi connectivity index (χ0n) is 13.5. The normalized spacial score (nSPS) is 16.5. The monoisotopic (exact) mass is 313 g/mol. The predicted octanol–water partition coefficient (Wildman–Crippen LogP) is 4.39.